The first-order chi connectivity index (χ1) is 8.92. The van der Waals surface area contributed by atoms with Crippen LogP contribution in [0.1, 0.15) is 10.6 Å². The summed E-state index contributed by atoms with van der Waals surface area (Å²) in [6, 6.07) is 3.10. The molecule has 2 aromatic heterocycles. The molecule has 8 heteroatoms. The normalized spacial score (nSPS) is 11.3. The maximum absolute atomic E-state index is 12.1. The molecule has 19 heavy (non-hydrogen) atoms. The van der Waals surface area contributed by atoms with Crippen molar-refractivity contribution in [1.29, 1.82) is 0 Å². The number of pyridine rings is 1. The first kappa shape index (κ1) is 13.8. The second-order valence-corrected chi connectivity index (χ2v) is 6.78. The van der Waals surface area contributed by atoms with E-state index in [1.165, 1.54) is 23.6 Å². The lowest BCUT2D eigenvalue weighted by molar-refractivity contribution is 0.601. The van der Waals surface area contributed by atoms with Gasteiger partial charge in [0, 0.05) is 18.1 Å². The van der Waals surface area contributed by atoms with Gasteiger partial charge in [0.2, 0.25) is 0 Å². The van der Waals surface area contributed by atoms with Gasteiger partial charge in [-0.3, -0.25) is 4.72 Å². The Morgan fingerprint density at radius 2 is 2.00 bits per heavy atom. The number of thiazole rings is 1. The minimum atomic E-state index is -3.63. The Kier molecular flexibility index (Phi) is 3.72. The van der Waals surface area contributed by atoms with E-state index in [2.05, 4.69) is 20.0 Å². The number of nitrogens with zero attached hydrogens (tertiary/aromatic N) is 2. The van der Waals surface area contributed by atoms with E-state index in [-0.39, 0.29) is 4.90 Å². The lowest BCUT2D eigenvalue weighted by Crippen LogP contribution is -2.13. The fraction of sp³-hybridized carbons (Fsp3) is 0.273. The average molecular weight is 298 g/mol. The molecule has 0 fully saturated rings. The number of aryl methyl sites for hydroxylation is 2. The number of anilines is 2. The molecule has 0 aliphatic rings. The van der Waals surface area contributed by atoms with Gasteiger partial charge < -0.3 is 5.32 Å². The molecule has 2 heterocycles. The van der Waals surface area contributed by atoms with E-state index in [1.54, 1.807) is 13.1 Å². The van der Waals surface area contributed by atoms with E-state index in [1.807, 2.05) is 13.8 Å². The van der Waals surface area contributed by atoms with Crippen LogP contribution in [-0.2, 0) is 10.0 Å². The van der Waals surface area contributed by atoms with Crippen LogP contribution in [0.2, 0.25) is 0 Å². The monoisotopic (exact) mass is 298 g/mol. The summed E-state index contributed by atoms with van der Waals surface area (Å²) in [7, 11) is -1.92. The maximum Gasteiger partial charge on any atom is 0.265 e. The molecule has 0 aliphatic heterocycles. The second kappa shape index (κ2) is 5.14. The summed E-state index contributed by atoms with van der Waals surface area (Å²) in [5.41, 5.74) is 0.825. The topological polar surface area (TPSA) is 84.0 Å². The molecule has 0 aliphatic carbocycles. The van der Waals surface area contributed by atoms with Crippen LogP contribution in [0, 0.1) is 13.8 Å². The highest BCUT2D eigenvalue weighted by atomic mass is 32.2. The summed E-state index contributed by atoms with van der Waals surface area (Å²) in [6.45, 7) is 3.74. The van der Waals surface area contributed by atoms with Crippen molar-refractivity contribution >= 4 is 32.3 Å². The number of nitrogens with one attached hydrogen (secondary N) is 2. The van der Waals surface area contributed by atoms with Crippen molar-refractivity contribution in [3.05, 3.63) is 28.9 Å². The van der Waals surface area contributed by atoms with Crippen LogP contribution in [0.5, 0.6) is 0 Å². The smallest absolute Gasteiger partial charge is 0.265 e. The van der Waals surface area contributed by atoms with E-state index in [4.69, 9.17) is 0 Å². The minimum absolute atomic E-state index is 0.108. The second-order valence-electron chi connectivity index (χ2n) is 3.90. The molecule has 0 aromatic carbocycles. The zero-order valence-corrected chi connectivity index (χ0v) is 12.4. The van der Waals surface area contributed by atoms with Crippen molar-refractivity contribution < 1.29 is 8.42 Å². The number of rotatable bonds is 4. The summed E-state index contributed by atoms with van der Waals surface area (Å²) < 4.78 is 26.7. The zero-order chi connectivity index (χ0) is 14.0. The summed E-state index contributed by atoms with van der Waals surface area (Å²) in [6.07, 6.45) is 1.31. The van der Waals surface area contributed by atoms with Gasteiger partial charge >= 0.3 is 0 Å². The van der Waals surface area contributed by atoms with E-state index in [0.717, 1.165) is 10.6 Å². The van der Waals surface area contributed by atoms with Crippen molar-refractivity contribution in [2.45, 2.75) is 18.7 Å². The highest BCUT2D eigenvalue weighted by Gasteiger charge is 2.17. The largest absolute Gasteiger partial charge is 0.373 e. The van der Waals surface area contributed by atoms with Crippen LogP contribution >= 0.6 is 11.3 Å². The lowest BCUT2D eigenvalue weighted by Gasteiger charge is -2.05. The van der Waals surface area contributed by atoms with E-state index in [9.17, 15) is 8.42 Å². The third-order valence-corrected chi connectivity index (χ3v) is 4.99. The van der Waals surface area contributed by atoms with Crippen molar-refractivity contribution in [2.24, 2.45) is 0 Å². The lowest BCUT2D eigenvalue weighted by atomic mass is 10.4. The Bertz CT molecular complexity index is 658. The average Bonchev–Trinajstić information content (AvgIpc) is 2.67. The van der Waals surface area contributed by atoms with Gasteiger partial charge in [0.25, 0.3) is 10.0 Å². The first-order valence-electron chi connectivity index (χ1n) is 5.53. The third kappa shape index (κ3) is 3.02. The van der Waals surface area contributed by atoms with Crippen LogP contribution < -0.4 is 10.0 Å². The predicted molar refractivity (Wildman–Crippen MR) is 76.2 cm³/mol. The van der Waals surface area contributed by atoms with Crippen molar-refractivity contribution in [1.82, 2.24) is 9.97 Å². The van der Waals surface area contributed by atoms with E-state index < -0.39 is 10.0 Å². The molecule has 0 saturated heterocycles. The molecular weight excluding hydrogens is 284 g/mol. The Hall–Kier alpha value is -1.67. The van der Waals surface area contributed by atoms with Gasteiger partial charge in [0.15, 0.2) is 5.13 Å². The van der Waals surface area contributed by atoms with E-state index >= 15 is 0 Å². The van der Waals surface area contributed by atoms with Crippen molar-refractivity contribution in [3.8, 4) is 0 Å². The van der Waals surface area contributed by atoms with Gasteiger partial charge in [-0.15, -0.1) is 11.3 Å². The maximum atomic E-state index is 12.1. The van der Waals surface area contributed by atoms with Gasteiger partial charge in [-0.25, -0.2) is 18.4 Å². The van der Waals surface area contributed by atoms with Gasteiger partial charge in [-0.05, 0) is 26.0 Å². The Morgan fingerprint density at radius 3 is 2.47 bits per heavy atom. The molecule has 2 rings (SSSR count). The SMILES string of the molecule is CNc1ccc(S(=O)(=O)Nc2nc(C)c(C)s2)cn1. The Balaban J connectivity index is 2.26. The molecule has 2 aromatic rings. The molecule has 6 nitrogen and oxygen atoms in total. The molecular formula is C11H14N4O2S2. The van der Waals surface area contributed by atoms with Gasteiger partial charge in [-0.2, -0.15) is 0 Å². The summed E-state index contributed by atoms with van der Waals surface area (Å²) in [5, 5.41) is 3.20. The molecule has 0 atom stereocenters. The van der Waals surface area contributed by atoms with Crippen molar-refractivity contribution in [2.75, 3.05) is 17.1 Å². The quantitative estimate of drug-likeness (QED) is 0.902. The number of sulfonamides is 1. The van der Waals surface area contributed by atoms with Crippen molar-refractivity contribution in [3.63, 3.8) is 0 Å². The third-order valence-electron chi connectivity index (χ3n) is 2.55. The molecule has 102 valence electrons. The summed E-state index contributed by atoms with van der Waals surface area (Å²) in [4.78, 5) is 9.23. The van der Waals surface area contributed by atoms with Crippen LogP contribution in [-0.4, -0.2) is 25.4 Å². The highest BCUT2D eigenvalue weighted by molar-refractivity contribution is 7.93. The molecule has 0 bridgehead atoms. The van der Waals surface area contributed by atoms with Crippen LogP contribution in [0.4, 0.5) is 10.9 Å². The molecule has 2 N–H and O–H groups in total. The molecule has 0 amide bonds. The Morgan fingerprint density at radius 1 is 1.26 bits per heavy atom. The fourth-order valence-electron chi connectivity index (χ4n) is 1.38. The number of hydrogen-bond donors (Lipinski definition) is 2. The molecule has 0 radical (unpaired) electrons. The summed E-state index contributed by atoms with van der Waals surface area (Å²) in [5.74, 6) is 0.611. The molecule has 0 spiro atoms. The standard InChI is InChI=1S/C11H14N4O2S2/c1-7-8(2)18-11(14-7)15-19(16,17)9-4-5-10(12-3)13-6-9/h4-6H,1-3H3,(H,12,13)(H,14,15). The first-order valence-corrected chi connectivity index (χ1v) is 7.83. The predicted octanol–water partition coefficient (Wildman–Crippen LogP) is 2.00. The minimum Gasteiger partial charge on any atom is -0.373 e. The van der Waals surface area contributed by atoms with Gasteiger partial charge in [0.1, 0.15) is 10.7 Å². The van der Waals surface area contributed by atoms with Gasteiger partial charge in [-0.1, -0.05) is 0 Å². The van der Waals surface area contributed by atoms with E-state index in [0.29, 0.717) is 10.9 Å². The van der Waals surface area contributed by atoms with Crippen LogP contribution in [0.3, 0.4) is 0 Å². The number of aromatic nitrogens is 2. The Labute approximate surface area is 116 Å². The van der Waals surface area contributed by atoms with Crippen LogP contribution in [0.15, 0.2) is 23.2 Å². The summed E-state index contributed by atoms with van der Waals surface area (Å²) >= 11 is 1.31. The van der Waals surface area contributed by atoms with Crippen LogP contribution in [0.25, 0.3) is 0 Å². The van der Waals surface area contributed by atoms with Gasteiger partial charge in [0.05, 0.1) is 5.69 Å². The zero-order valence-electron chi connectivity index (χ0n) is 10.8. The highest BCUT2D eigenvalue weighted by Crippen LogP contribution is 2.24. The number of hydrogen-bond acceptors (Lipinski definition) is 6. The molecule has 0 unspecified atom stereocenters. The fourth-order valence-corrected chi connectivity index (χ4v) is 3.37. The molecule has 0 saturated carbocycles.